The fourth-order valence-electron chi connectivity index (χ4n) is 1.83. The molecule has 0 radical (unpaired) electrons. The van der Waals surface area contributed by atoms with Gasteiger partial charge in [-0.15, -0.1) is 11.3 Å². The van der Waals surface area contributed by atoms with Crippen LogP contribution in [0.3, 0.4) is 0 Å². The van der Waals surface area contributed by atoms with Crippen LogP contribution in [0.2, 0.25) is 4.47 Å². The molecule has 0 bridgehead atoms. The van der Waals surface area contributed by atoms with Crippen molar-refractivity contribution in [1.29, 1.82) is 0 Å². The summed E-state index contributed by atoms with van der Waals surface area (Å²) >= 11 is 7.22. The number of aromatic nitrogens is 1. The Bertz CT molecular complexity index is 393. The SMILES string of the molecule is Cc1nc(Cl)sc1[C@@H]1OC(C)(C)O[C@H]1CO. The summed E-state index contributed by atoms with van der Waals surface area (Å²) in [6.07, 6.45) is -0.643. The van der Waals surface area contributed by atoms with Crippen LogP contribution in [0.15, 0.2) is 0 Å². The van der Waals surface area contributed by atoms with E-state index in [-0.39, 0.29) is 18.8 Å². The number of halogens is 1. The zero-order valence-electron chi connectivity index (χ0n) is 9.36. The summed E-state index contributed by atoms with van der Waals surface area (Å²) in [5, 5.41) is 9.27. The molecule has 2 heterocycles. The molecule has 0 unspecified atom stereocenters. The molecule has 0 spiro atoms. The van der Waals surface area contributed by atoms with Crippen molar-refractivity contribution in [1.82, 2.24) is 4.98 Å². The van der Waals surface area contributed by atoms with Crippen molar-refractivity contribution in [3.8, 4) is 0 Å². The first-order valence-corrected chi connectivity index (χ1v) is 6.22. The molecule has 1 aromatic heterocycles. The highest BCUT2D eigenvalue weighted by molar-refractivity contribution is 7.15. The van der Waals surface area contributed by atoms with Crippen molar-refractivity contribution in [2.24, 2.45) is 0 Å². The highest BCUT2D eigenvalue weighted by Crippen LogP contribution is 2.42. The van der Waals surface area contributed by atoms with Crippen LogP contribution >= 0.6 is 22.9 Å². The summed E-state index contributed by atoms with van der Waals surface area (Å²) in [4.78, 5) is 5.06. The fraction of sp³-hybridized carbons (Fsp3) is 0.700. The molecule has 0 aromatic carbocycles. The molecule has 0 amide bonds. The molecule has 0 aliphatic carbocycles. The van der Waals surface area contributed by atoms with E-state index in [1.165, 1.54) is 11.3 Å². The quantitative estimate of drug-likeness (QED) is 0.890. The third-order valence-electron chi connectivity index (χ3n) is 2.43. The molecule has 16 heavy (non-hydrogen) atoms. The molecule has 1 N–H and O–H groups in total. The van der Waals surface area contributed by atoms with E-state index in [0.29, 0.717) is 4.47 Å². The summed E-state index contributed by atoms with van der Waals surface area (Å²) in [7, 11) is 0. The normalized spacial score (nSPS) is 28.6. The molecule has 1 aliphatic heterocycles. The Balaban J connectivity index is 2.30. The maximum Gasteiger partial charge on any atom is 0.184 e. The predicted molar refractivity (Wildman–Crippen MR) is 61.7 cm³/mol. The Labute approximate surface area is 103 Å². The van der Waals surface area contributed by atoms with E-state index in [9.17, 15) is 5.11 Å². The van der Waals surface area contributed by atoms with E-state index in [4.69, 9.17) is 21.1 Å². The van der Waals surface area contributed by atoms with Crippen molar-refractivity contribution in [3.63, 3.8) is 0 Å². The number of hydrogen-bond donors (Lipinski definition) is 1. The molecule has 6 heteroatoms. The lowest BCUT2D eigenvalue weighted by atomic mass is 10.1. The molecular formula is C10H14ClNO3S. The second kappa shape index (κ2) is 4.23. The van der Waals surface area contributed by atoms with Crippen LogP contribution in [-0.2, 0) is 9.47 Å². The number of aliphatic hydroxyl groups is 1. The molecule has 1 saturated heterocycles. The zero-order chi connectivity index (χ0) is 11.9. The van der Waals surface area contributed by atoms with Crippen LogP contribution in [0.25, 0.3) is 0 Å². The van der Waals surface area contributed by atoms with Crippen molar-refractivity contribution >= 4 is 22.9 Å². The molecular weight excluding hydrogens is 250 g/mol. The first-order chi connectivity index (χ1) is 7.43. The van der Waals surface area contributed by atoms with Gasteiger partial charge in [0, 0.05) is 0 Å². The minimum absolute atomic E-state index is 0.0803. The van der Waals surface area contributed by atoms with E-state index < -0.39 is 5.79 Å². The average molecular weight is 264 g/mol. The van der Waals surface area contributed by atoms with Gasteiger partial charge in [-0.3, -0.25) is 0 Å². The number of aryl methyl sites for hydroxylation is 1. The fourth-order valence-corrected chi connectivity index (χ4v) is 3.08. The topological polar surface area (TPSA) is 51.6 Å². The van der Waals surface area contributed by atoms with Crippen molar-refractivity contribution in [2.45, 2.75) is 38.8 Å². The van der Waals surface area contributed by atoms with Crippen LogP contribution in [0.4, 0.5) is 0 Å². The third-order valence-corrected chi connectivity index (χ3v) is 3.75. The lowest BCUT2D eigenvalue weighted by Gasteiger charge is -2.16. The number of nitrogens with zero attached hydrogens (tertiary/aromatic N) is 1. The van der Waals surface area contributed by atoms with Crippen LogP contribution in [-0.4, -0.2) is 28.6 Å². The first-order valence-electron chi connectivity index (χ1n) is 5.02. The number of rotatable bonds is 2. The Kier molecular flexibility index (Phi) is 3.25. The van der Waals surface area contributed by atoms with Gasteiger partial charge in [0.2, 0.25) is 0 Å². The Hall–Kier alpha value is -0.200. The number of aliphatic hydroxyl groups excluding tert-OH is 1. The van der Waals surface area contributed by atoms with Gasteiger partial charge in [0.25, 0.3) is 0 Å². The maximum atomic E-state index is 9.27. The van der Waals surface area contributed by atoms with E-state index in [1.54, 1.807) is 0 Å². The van der Waals surface area contributed by atoms with Gasteiger partial charge in [-0.05, 0) is 20.8 Å². The average Bonchev–Trinajstić information content (AvgIpc) is 2.65. The second-order valence-corrected chi connectivity index (χ2v) is 5.81. The predicted octanol–water partition coefficient (Wildman–Crippen LogP) is 2.29. The van der Waals surface area contributed by atoms with Crippen molar-refractivity contribution in [2.75, 3.05) is 6.61 Å². The van der Waals surface area contributed by atoms with Gasteiger partial charge in [-0.1, -0.05) is 11.6 Å². The van der Waals surface area contributed by atoms with E-state index in [0.717, 1.165) is 10.6 Å². The van der Waals surface area contributed by atoms with Gasteiger partial charge in [0.1, 0.15) is 12.2 Å². The smallest absolute Gasteiger partial charge is 0.184 e. The summed E-state index contributed by atoms with van der Waals surface area (Å²) in [6, 6.07) is 0. The summed E-state index contributed by atoms with van der Waals surface area (Å²) in [5.41, 5.74) is 0.833. The van der Waals surface area contributed by atoms with Crippen molar-refractivity contribution < 1.29 is 14.6 Å². The highest BCUT2D eigenvalue weighted by Gasteiger charge is 2.43. The standard InChI is InChI=1S/C10H14ClNO3S/c1-5-8(16-9(11)12-5)7-6(4-13)14-10(2,3)15-7/h6-7,13H,4H2,1-3H3/t6-,7+/m0/s1. The van der Waals surface area contributed by atoms with Gasteiger partial charge < -0.3 is 14.6 Å². The molecule has 4 nitrogen and oxygen atoms in total. The van der Waals surface area contributed by atoms with Crippen molar-refractivity contribution in [3.05, 3.63) is 15.0 Å². The Morgan fingerprint density at radius 3 is 2.69 bits per heavy atom. The summed E-state index contributed by atoms with van der Waals surface area (Å²) in [5.74, 6) is -0.680. The summed E-state index contributed by atoms with van der Waals surface area (Å²) < 4.78 is 11.8. The highest BCUT2D eigenvalue weighted by atomic mass is 35.5. The Morgan fingerprint density at radius 1 is 1.50 bits per heavy atom. The van der Waals surface area contributed by atoms with Gasteiger partial charge in [0.05, 0.1) is 17.2 Å². The second-order valence-electron chi connectivity index (χ2n) is 4.19. The molecule has 1 aromatic rings. The lowest BCUT2D eigenvalue weighted by molar-refractivity contribution is -0.149. The van der Waals surface area contributed by atoms with Gasteiger partial charge in [0.15, 0.2) is 10.3 Å². The van der Waals surface area contributed by atoms with Crippen LogP contribution in [0, 0.1) is 6.92 Å². The van der Waals surface area contributed by atoms with E-state index in [1.807, 2.05) is 20.8 Å². The minimum Gasteiger partial charge on any atom is -0.394 e. The molecule has 2 rings (SSSR count). The van der Waals surface area contributed by atoms with E-state index >= 15 is 0 Å². The van der Waals surface area contributed by atoms with Gasteiger partial charge >= 0.3 is 0 Å². The summed E-state index contributed by atoms with van der Waals surface area (Å²) in [6.45, 7) is 5.45. The lowest BCUT2D eigenvalue weighted by Crippen LogP contribution is -2.23. The van der Waals surface area contributed by atoms with E-state index in [2.05, 4.69) is 4.98 Å². The van der Waals surface area contributed by atoms with Crippen LogP contribution < -0.4 is 0 Å². The monoisotopic (exact) mass is 263 g/mol. The first kappa shape index (κ1) is 12.3. The minimum atomic E-state index is -0.680. The Morgan fingerprint density at radius 2 is 2.19 bits per heavy atom. The number of hydrogen-bond acceptors (Lipinski definition) is 5. The zero-order valence-corrected chi connectivity index (χ0v) is 10.9. The third kappa shape index (κ3) is 2.24. The number of ether oxygens (including phenoxy) is 2. The molecule has 1 fully saturated rings. The van der Waals surface area contributed by atoms with Gasteiger partial charge in [-0.2, -0.15) is 0 Å². The largest absolute Gasteiger partial charge is 0.394 e. The van der Waals surface area contributed by atoms with Crippen LogP contribution in [0.1, 0.15) is 30.5 Å². The number of thiazole rings is 1. The molecule has 1 aliphatic rings. The maximum absolute atomic E-state index is 9.27. The molecule has 2 atom stereocenters. The van der Waals surface area contributed by atoms with Crippen LogP contribution in [0.5, 0.6) is 0 Å². The molecule has 90 valence electrons. The van der Waals surface area contributed by atoms with Gasteiger partial charge in [-0.25, -0.2) is 4.98 Å². The molecule has 0 saturated carbocycles.